The Bertz CT molecular complexity index is 3170. The van der Waals surface area contributed by atoms with Gasteiger partial charge in [-0.1, -0.05) is 127 Å². The van der Waals surface area contributed by atoms with Gasteiger partial charge < -0.3 is 14.1 Å². The summed E-state index contributed by atoms with van der Waals surface area (Å²) >= 11 is 0. The minimum Gasteiger partial charge on any atom is -0.457 e. The molecule has 2 aliphatic rings. The van der Waals surface area contributed by atoms with Crippen LogP contribution < -0.4 is 9.64 Å². The van der Waals surface area contributed by atoms with Crippen molar-refractivity contribution < 1.29 is 9.15 Å². The molecule has 10 aromatic rings. The number of fused-ring (bicyclic) bond motifs is 15. The minimum absolute atomic E-state index is 0.620. The smallest absolute Gasteiger partial charge is 0.137 e. The molecule has 1 spiro atoms. The van der Waals surface area contributed by atoms with Crippen LogP contribution in [0.4, 0.5) is 17.1 Å². The van der Waals surface area contributed by atoms with Crippen LogP contribution in [0.5, 0.6) is 11.5 Å². The fourth-order valence-electron chi connectivity index (χ4n) is 9.42. The lowest BCUT2D eigenvalue weighted by molar-refractivity contribution is 0.438. The molecule has 252 valence electrons. The molecule has 1 aliphatic carbocycles. The molecule has 54 heavy (non-hydrogen) atoms. The summed E-state index contributed by atoms with van der Waals surface area (Å²) in [6.07, 6.45) is 0. The average molecular weight is 690 g/mol. The van der Waals surface area contributed by atoms with Crippen LogP contribution >= 0.6 is 0 Å². The Hall–Kier alpha value is -7.10. The third kappa shape index (κ3) is 3.96. The van der Waals surface area contributed by atoms with Gasteiger partial charge in [0, 0.05) is 45.0 Å². The number of hydrogen-bond acceptors (Lipinski definition) is 3. The molecule has 0 amide bonds. The third-order valence-corrected chi connectivity index (χ3v) is 11.7. The lowest BCUT2D eigenvalue weighted by Crippen LogP contribution is -2.32. The standard InChI is InChI=1S/C51H31NO2/c1-2-13-34-29-35(23-21-32(34)11-1)52(37-25-27-42-41-16-6-9-19-46(41)53-49(42)31-37)36-24-26-40-39-15-5-7-17-43(39)51(45(40)30-36)44-18-8-10-20-47(44)54-48-28-22-33-12-3-4-14-38(33)50(48)51/h1-31H. The van der Waals surface area contributed by atoms with Crippen LogP contribution in [0.3, 0.4) is 0 Å². The zero-order chi connectivity index (χ0) is 35.4. The van der Waals surface area contributed by atoms with Gasteiger partial charge in [-0.3, -0.25) is 0 Å². The monoisotopic (exact) mass is 689 g/mol. The molecule has 3 heteroatoms. The Morgan fingerprint density at radius 3 is 1.93 bits per heavy atom. The highest BCUT2D eigenvalue weighted by Gasteiger charge is 2.52. The second-order valence-corrected chi connectivity index (χ2v) is 14.4. The number of anilines is 3. The number of rotatable bonds is 3. The molecule has 1 unspecified atom stereocenters. The highest BCUT2D eigenvalue weighted by atomic mass is 16.5. The Kier molecular flexibility index (Phi) is 5.98. The van der Waals surface area contributed by atoms with E-state index >= 15 is 0 Å². The first-order valence-electron chi connectivity index (χ1n) is 18.5. The summed E-state index contributed by atoms with van der Waals surface area (Å²) in [5.74, 6) is 1.78. The van der Waals surface area contributed by atoms with E-state index in [2.05, 4.69) is 181 Å². The second kappa shape index (κ2) is 11.0. The van der Waals surface area contributed by atoms with Gasteiger partial charge in [0.15, 0.2) is 0 Å². The summed E-state index contributed by atoms with van der Waals surface area (Å²) in [4.78, 5) is 2.38. The molecule has 0 bridgehead atoms. The first kappa shape index (κ1) is 29.5. The number of nitrogens with zero attached hydrogens (tertiary/aromatic N) is 1. The van der Waals surface area contributed by atoms with Crippen LogP contribution in [0.2, 0.25) is 0 Å². The van der Waals surface area contributed by atoms with Crippen molar-refractivity contribution in [2.24, 2.45) is 0 Å². The van der Waals surface area contributed by atoms with Crippen molar-refractivity contribution in [2.75, 3.05) is 4.90 Å². The van der Waals surface area contributed by atoms with Gasteiger partial charge in [-0.15, -0.1) is 0 Å². The minimum atomic E-state index is -0.620. The summed E-state index contributed by atoms with van der Waals surface area (Å²) in [5, 5.41) is 7.01. The average Bonchev–Trinajstić information content (AvgIpc) is 3.74. The molecule has 1 atom stereocenters. The predicted molar refractivity (Wildman–Crippen MR) is 221 cm³/mol. The number of ether oxygens (including phenoxy) is 1. The zero-order valence-corrected chi connectivity index (χ0v) is 29.2. The summed E-state index contributed by atoms with van der Waals surface area (Å²) in [5.41, 5.74) is 11.6. The second-order valence-electron chi connectivity index (χ2n) is 14.4. The van der Waals surface area contributed by atoms with Crippen molar-refractivity contribution in [1.82, 2.24) is 0 Å². The topological polar surface area (TPSA) is 25.6 Å². The van der Waals surface area contributed by atoms with E-state index in [9.17, 15) is 0 Å². The Labute approximate surface area is 311 Å². The van der Waals surface area contributed by atoms with Crippen LogP contribution in [0, 0.1) is 0 Å². The lowest BCUT2D eigenvalue weighted by Gasteiger charge is -2.40. The first-order chi connectivity index (χ1) is 26.8. The van der Waals surface area contributed by atoms with Crippen molar-refractivity contribution in [2.45, 2.75) is 5.41 Å². The maximum absolute atomic E-state index is 6.80. The summed E-state index contributed by atoms with van der Waals surface area (Å²) in [7, 11) is 0. The summed E-state index contributed by atoms with van der Waals surface area (Å²) in [6, 6.07) is 67.8. The molecule has 2 heterocycles. The zero-order valence-electron chi connectivity index (χ0n) is 29.2. The van der Waals surface area contributed by atoms with Crippen LogP contribution in [0.1, 0.15) is 22.3 Å². The van der Waals surface area contributed by atoms with Crippen molar-refractivity contribution in [1.29, 1.82) is 0 Å². The van der Waals surface area contributed by atoms with Gasteiger partial charge in [0.05, 0.1) is 5.41 Å². The van der Waals surface area contributed by atoms with E-state index in [1.165, 1.54) is 49.4 Å². The van der Waals surface area contributed by atoms with E-state index in [1.807, 2.05) is 12.1 Å². The fourth-order valence-corrected chi connectivity index (χ4v) is 9.42. The number of benzene rings is 9. The van der Waals surface area contributed by atoms with Crippen molar-refractivity contribution >= 4 is 60.5 Å². The van der Waals surface area contributed by atoms with Gasteiger partial charge in [0.1, 0.15) is 22.7 Å². The van der Waals surface area contributed by atoms with Gasteiger partial charge in [0.25, 0.3) is 0 Å². The molecule has 0 saturated heterocycles. The quantitative estimate of drug-likeness (QED) is 0.185. The van der Waals surface area contributed by atoms with Gasteiger partial charge in [-0.25, -0.2) is 0 Å². The Morgan fingerprint density at radius 2 is 1.00 bits per heavy atom. The number of para-hydroxylation sites is 2. The maximum atomic E-state index is 6.80. The van der Waals surface area contributed by atoms with Crippen molar-refractivity contribution in [3.63, 3.8) is 0 Å². The molecule has 1 aliphatic heterocycles. The summed E-state index contributed by atoms with van der Waals surface area (Å²) < 4.78 is 13.3. The Balaban J connectivity index is 1.17. The fraction of sp³-hybridized carbons (Fsp3) is 0.0196. The normalized spacial score (nSPS) is 15.3. The molecule has 9 aromatic carbocycles. The van der Waals surface area contributed by atoms with Crippen molar-refractivity contribution in [3.05, 3.63) is 210 Å². The van der Waals surface area contributed by atoms with E-state index in [4.69, 9.17) is 9.15 Å². The van der Waals surface area contributed by atoms with E-state index in [1.54, 1.807) is 0 Å². The number of furan rings is 1. The highest BCUT2D eigenvalue weighted by Crippen LogP contribution is 2.64. The third-order valence-electron chi connectivity index (χ3n) is 11.7. The molecule has 12 rings (SSSR count). The predicted octanol–water partition coefficient (Wildman–Crippen LogP) is 13.8. The van der Waals surface area contributed by atoms with Gasteiger partial charge in [-0.2, -0.15) is 0 Å². The van der Waals surface area contributed by atoms with E-state index in [0.29, 0.717) is 0 Å². The van der Waals surface area contributed by atoms with Crippen LogP contribution in [0.15, 0.2) is 192 Å². The van der Waals surface area contributed by atoms with E-state index in [0.717, 1.165) is 56.1 Å². The van der Waals surface area contributed by atoms with E-state index in [-0.39, 0.29) is 0 Å². The molecular formula is C51H31NO2. The lowest BCUT2D eigenvalue weighted by atomic mass is 9.65. The Morgan fingerprint density at radius 1 is 0.370 bits per heavy atom. The summed E-state index contributed by atoms with van der Waals surface area (Å²) in [6.45, 7) is 0. The molecular weight excluding hydrogens is 659 g/mol. The molecule has 0 N–H and O–H groups in total. The molecule has 1 aromatic heterocycles. The van der Waals surface area contributed by atoms with Crippen LogP contribution in [0.25, 0.3) is 54.6 Å². The number of hydrogen-bond donors (Lipinski definition) is 0. The molecule has 3 nitrogen and oxygen atoms in total. The van der Waals surface area contributed by atoms with Gasteiger partial charge in [0.2, 0.25) is 0 Å². The van der Waals surface area contributed by atoms with Crippen molar-refractivity contribution in [3.8, 4) is 22.6 Å². The molecule has 0 fully saturated rings. The van der Waals surface area contributed by atoms with Gasteiger partial charge >= 0.3 is 0 Å². The highest BCUT2D eigenvalue weighted by molar-refractivity contribution is 6.06. The van der Waals surface area contributed by atoms with Crippen LogP contribution in [-0.2, 0) is 5.41 Å². The molecule has 0 saturated carbocycles. The molecule has 0 radical (unpaired) electrons. The maximum Gasteiger partial charge on any atom is 0.137 e. The first-order valence-corrected chi connectivity index (χ1v) is 18.5. The van der Waals surface area contributed by atoms with Crippen LogP contribution in [-0.4, -0.2) is 0 Å². The van der Waals surface area contributed by atoms with Gasteiger partial charge in [-0.05, 0) is 98.4 Å². The SMILES string of the molecule is c1ccc2c(c1)Oc1ccc3ccccc3c1C21c2ccccc2-c2ccc(N(c3ccc4ccccc4c3)c3ccc4c(c3)oc3ccccc34)cc21. The largest absolute Gasteiger partial charge is 0.457 e. The van der Waals surface area contributed by atoms with E-state index < -0.39 is 5.41 Å².